The van der Waals surface area contributed by atoms with Crippen LogP contribution >= 0.6 is 22.9 Å². The van der Waals surface area contributed by atoms with Crippen LogP contribution in [-0.4, -0.2) is 62.0 Å². The fourth-order valence-electron chi connectivity index (χ4n) is 2.41. The molecule has 0 bridgehead atoms. The number of carboxylic acid groups (broad SMARTS) is 1. The topological polar surface area (TPSA) is 95.5 Å². The highest BCUT2D eigenvalue weighted by Crippen LogP contribution is 2.23. The molecule has 10 heteroatoms. The minimum absolute atomic E-state index is 0.181. The van der Waals surface area contributed by atoms with Gasteiger partial charge in [0.05, 0.1) is 26.9 Å². The maximum atomic E-state index is 10.6. The molecule has 0 aliphatic heterocycles. The van der Waals surface area contributed by atoms with Crippen LogP contribution in [0.3, 0.4) is 0 Å². The summed E-state index contributed by atoms with van der Waals surface area (Å²) in [5.41, 5.74) is 1.07. The van der Waals surface area contributed by atoms with Gasteiger partial charge in [-0.15, -0.1) is 0 Å². The SMILES string of the molecule is C[N+](C)(C)CC(=O)O.Cc1sc2ccc(Cl)cc2[n+]1CCCCS(=O)(=O)O. The van der Waals surface area contributed by atoms with Crippen molar-refractivity contribution in [2.45, 2.75) is 26.3 Å². The van der Waals surface area contributed by atoms with Crippen LogP contribution < -0.4 is 4.57 Å². The largest absolute Gasteiger partial charge is 0.477 e. The zero-order chi connectivity index (χ0) is 20.8. The first kappa shape index (κ1) is 23.8. The lowest BCUT2D eigenvalue weighted by Gasteiger charge is -2.20. The highest BCUT2D eigenvalue weighted by molar-refractivity contribution is 7.85. The van der Waals surface area contributed by atoms with Gasteiger partial charge in [0.2, 0.25) is 10.5 Å². The van der Waals surface area contributed by atoms with Gasteiger partial charge in [0.25, 0.3) is 10.1 Å². The van der Waals surface area contributed by atoms with Gasteiger partial charge in [-0.1, -0.05) is 22.9 Å². The van der Waals surface area contributed by atoms with Gasteiger partial charge in [-0.25, -0.2) is 4.79 Å². The lowest BCUT2D eigenvalue weighted by molar-refractivity contribution is -0.862. The van der Waals surface area contributed by atoms with E-state index in [-0.39, 0.29) is 12.3 Å². The minimum Gasteiger partial charge on any atom is -0.477 e. The number of halogens is 1. The van der Waals surface area contributed by atoms with Gasteiger partial charge in [0.1, 0.15) is 11.2 Å². The third kappa shape index (κ3) is 9.48. The van der Waals surface area contributed by atoms with E-state index in [4.69, 9.17) is 21.3 Å². The Balaban J connectivity index is 0.000000387. The van der Waals surface area contributed by atoms with Crippen LogP contribution in [0.1, 0.15) is 17.8 Å². The molecule has 0 radical (unpaired) electrons. The van der Waals surface area contributed by atoms with Gasteiger partial charge in [0.15, 0.2) is 6.54 Å². The van der Waals surface area contributed by atoms with Crippen molar-refractivity contribution in [3.05, 3.63) is 28.2 Å². The molecule has 0 unspecified atom stereocenters. The molecule has 0 saturated carbocycles. The van der Waals surface area contributed by atoms with Crippen LogP contribution in [0.4, 0.5) is 0 Å². The number of carboxylic acids is 1. The molecule has 27 heavy (non-hydrogen) atoms. The summed E-state index contributed by atoms with van der Waals surface area (Å²) in [5.74, 6) is -0.937. The van der Waals surface area contributed by atoms with Crippen molar-refractivity contribution >= 4 is 49.2 Å². The molecule has 0 atom stereocenters. The van der Waals surface area contributed by atoms with Crippen molar-refractivity contribution < 1.29 is 31.9 Å². The molecular formula is C17H27ClN2O5S2+2. The maximum absolute atomic E-state index is 10.6. The lowest BCUT2D eigenvalue weighted by Crippen LogP contribution is -2.39. The first-order chi connectivity index (χ1) is 12.3. The average Bonchev–Trinajstić information content (AvgIpc) is 2.76. The molecule has 1 aromatic heterocycles. The quantitative estimate of drug-likeness (QED) is 0.300. The molecule has 1 aromatic carbocycles. The van der Waals surface area contributed by atoms with E-state index in [0.29, 0.717) is 22.3 Å². The number of unbranched alkanes of at least 4 members (excludes halogenated alkanes) is 1. The van der Waals surface area contributed by atoms with Crippen LogP contribution in [0.25, 0.3) is 10.2 Å². The van der Waals surface area contributed by atoms with Crippen LogP contribution in [0.2, 0.25) is 5.02 Å². The number of likely N-dealkylation sites (N-methyl/N-ethyl adjacent to an activating group) is 1. The van der Waals surface area contributed by atoms with Crippen molar-refractivity contribution in [2.75, 3.05) is 33.4 Å². The lowest BCUT2D eigenvalue weighted by atomic mass is 10.3. The molecule has 0 saturated heterocycles. The number of benzene rings is 1. The van der Waals surface area contributed by atoms with Gasteiger partial charge >= 0.3 is 5.97 Å². The molecule has 2 N–H and O–H groups in total. The summed E-state index contributed by atoms with van der Waals surface area (Å²) in [6, 6.07) is 5.77. The van der Waals surface area contributed by atoms with E-state index in [2.05, 4.69) is 4.57 Å². The third-order valence-corrected chi connectivity index (χ3v) is 5.61. The molecule has 2 aromatic rings. The normalized spacial score (nSPS) is 11.9. The summed E-state index contributed by atoms with van der Waals surface area (Å²) in [6.07, 6.45) is 1.15. The smallest absolute Gasteiger partial charge is 0.359 e. The van der Waals surface area contributed by atoms with Crippen LogP contribution in [-0.2, 0) is 21.5 Å². The van der Waals surface area contributed by atoms with Crippen LogP contribution in [0.15, 0.2) is 18.2 Å². The second kappa shape index (κ2) is 9.79. The van der Waals surface area contributed by atoms with E-state index in [1.165, 1.54) is 0 Å². The molecule has 1 heterocycles. The van der Waals surface area contributed by atoms with Gasteiger partial charge in [0, 0.05) is 24.4 Å². The van der Waals surface area contributed by atoms with Crippen LogP contribution in [0.5, 0.6) is 0 Å². The summed E-state index contributed by atoms with van der Waals surface area (Å²) in [5, 5.41) is 10.1. The van der Waals surface area contributed by atoms with Gasteiger partial charge in [-0.2, -0.15) is 13.0 Å². The summed E-state index contributed by atoms with van der Waals surface area (Å²) in [6.45, 7) is 2.93. The number of hydrogen-bond acceptors (Lipinski definition) is 4. The predicted octanol–water partition coefficient (Wildman–Crippen LogP) is 2.60. The monoisotopic (exact) mass is 438 g/mol. The van der Waals surface area contributed by atoms with E-state index >= 15 is 0 Å². The second-order valence-corrected chi connectivity index (χ2v) is 10.5. The van der Waals surface area contributed by atoms with Crippen molar-refractivity contribution in [1.29, 1.82) is 0 Å². The standard InChI is InChI=1S/C12H14ClNO3S2.C5H11NO2/c1-9-14(6-2-3-7-19(15,16)17)11-8-10(13)4-5-12(11)18-9;1-6(2,3)4-5(7)8/h4-5,8H,2-3,6-7H2,1H3;4H2,1-3H3/p+2. The summed E-state index contributed by atoms with van der Waals surface area (Å²) in [7, 11) is 1.67. The molecule has 152 valence electrons. The fraction of sp³-hybridized carbons (Fsp3) is 0.529. The number of thiazole rings is 1. The Labute approximate surface area is 169 Å². The Morgan fingerprint density at radius 3 is 2.37 bits per heavy atom. The van der Waals surface area contributed by atoms with Gasteiger partial charge in [-0.05, 0) is 18.6 Å². The number of rotatable bonds is 7. The maximum Gasteiger partial charge on any atom is 0.359 e. The van der Waals surface area contributed by atoms with Gasteiger partial charge < -0.3 is 9.59 Å². The Morgan fingerprint density at radius 1 is 1.26 bits per heavy atom. The number of quaternary nitrogens is 1. The van der Waals surface area contributed by atoms with E-state index in [0.717, 1.165) is 21.8 Å². The molecule has 0 amide bonds. The second-order valence-electron chi connectivity index (χ2n) is 7.22. The minimum atomic E-state index is -3.85. The Bertz CT molecular complexity index is 889. The first-order valence-electron chi connectivity index (χ1n) is 8.34. The predicted molar refractivity (Wildman–Crippen MR) is 108 cm³/mol. The highest BCUT2D eigenvalue weighted by Gasteiger charge is 2.17. The number of fused-ring (bicyclic) bond motifs is 1. The summed E-state index contributed by atoms with van der Waals surface area (Å²) < 4.78 is 33.8. The van der Waals surface area contributed by atoms with Crippen molar-refractivity contribution in [3.8, 4) is 0 Å². The van der Waals surface area contributed by atoms with Crippen molar-refractivity contribution in [2.24, 2.45) is 0 Å². The molecule has 0 spiro atoms. The molecule has 0 aliphatic carbocycles. The van der Waals surface area contributed by atoms with Crippen molar-refractivity contribution in [3.63, 3.8) is 0 Å². The zero-order valence-electron chi connectivity index (χ0n) is 16.0. The number of aliphatic carboxylic acids is 1. The first-order valence-corrected chi connectivity index (χ1v) is 11.1. The highest BCUT2D eigenvalue weighted by atomic mass is 35.5. The van der Waals surface area contributed by atoms with E-state index < -0.39 is 16.1 Å². The zero-order valence-corrected chi connectivity index (χ0v) is 18.4. The van der Waals surface area contributed by atoms with E-state index in [9.17, 15) is 13.2 Å². The Morgan fingerprint density at radius 2 is 1.89 bits per heavy atom. The van der Waals surface area contributed by atoms with Crippen molar-refractivity contribution in [1.82, 2.24) is 0 Å². The molecule has 0 fully saturated rings. The number of aryl methyl sites for hydroxylation is 2. The Hall–Kier alpha value is -1.26. The molecule has 7 nitrogen and oxygen atoms in total. The molecule has 0 aliphatic rings. The van der Waals surface area contributed by atoms with Gasteiger partial charge in [-0.3, -0.25) is 4.55 Å². The number of carbonyl (C=O) groups is 1. The van der Waals surface area contributed by atoms with E-state index in [1.54, 1.807) is 11.3 Å². The summed E-state index contributed by atoms with van der Waals surface area (Å²) in [4.78, 5) is 10.00. The van der Waals surface area contributed by atoms with E-state index in [1.807, 2.05) is 46.3 Å². The molecular weight excluding hydrogens is 412 g/mol. The van der Waals surface area contributed by atoms with Crippen LogP contribution in [0, 0.1) is 6.92 Å². The number of aromatic nitrogens is 1. The fourth-order valence-corrected chi connectivity index (χ4v) is 4.17. The third-order valence-electron chi connectivity index (χ3n) is 3.49. The number of hydrogen-bond donors (Lipinski definition) is 2. The number of nitrogens with zero attached hydrogens (tertiary/aromatic N) is 2. The average molecular weight is 439 g/mol. The summed E-state index contributed by atoms with van der Waals surface area (Å²) >= 11 is 7.69. The Kier molecular flexibility index (Phi) is 8.62. The molecule has 2 rings (SSSR count).